The van der Waals surface area contributed by atoms with Gasteiger partial charge in [0.2, 0.25) is 0 Å². The standard InChI is InChI=1S/C15H32N2S/c1-5-14-12-17(9-7-6-8-10-18-4)15(11-16-14)13(2)3/h13-16H,5-12H2,1-4H3. The number of nitrogens with one attached hydrogen (secondary N) is 1. The van der Waals surface area contributed by atoms with Crippen LogP contribution in [-0.2, 0) is 0 Å². The lowest BCUT2D eigenvalue weighted by molar-refractivity contribution is 0.0954. The zero-order valence-corrected chi connectivity index (χ0v) is 13.6. The second kappa shape index (κ2) is 9.22. The van der Waals surface area contributed by atoms with Gasteiger partial charge in [-0.2, -0.15) is 11.8 Å². The summed E-state index contributed by atoms with van der Waals surface area (Å²) >= 11 is 1.97. The van der Waals surface area contributed by atoms with Gasteiger partial charge in [0.05, 0.1) is 0 Å². The van der Waals surface area contributed by atoms with Gasteiger partial charge in [-0.05, 0) is 43.7 Å². The predicted octanol–water partition coefficient (Wildman–Crippen LogP) is 3.23. The highest BCUT2D eigenvalue weighted by Gasteiger charge is 2.28. The van der Waals surface area contributed by atoms with Crippen LogP contribution in [0.4, 0.5) is 0 Å². The summed E-state index contributed by atoms with van der Waals surface area (Å²) in [4.78, 5) is 2.74. The molecule has 18 heavy (non-hydrogen) atoms. The van der Waals surface area contributed by atoms with E-state index >= 15 is 0 Å². The van der Waals surface area contributed by atoms with Gasteiger partial charge in [0.25, 0.3) is 0 Å². The normalized spacial score (nSPS) is 25.8. The number of piperazine rings is 1. The molecule has 0 radical (unpaired) electrons. The first kappa shape index (κ1) is 16.3. The number of rotatable bonds is 8. The quantitative estimate of drug-likeness (QED) is 0.683. The van der Waals surface area contributed by atoms with E-state index in [9.17, 15) is 0 Å². The third-order valence-electron chi connectivity index (χ3n) is 4.10. The molecule has 108 valence electrons. The van der Waals surface area contributed by atoms with Crippen LogP contribution in [0, 0.1) is 5.92 Å². The van der Waals surface area contributed by atoms with Crippen molar-refractivity contribution in [3.8, 4) is 0 Å². The van der Waals surface area contributed by atoms with Crippen LogP contribution in [0.1, 0.15) is 46.5 Å². The van der Waals surface area contributed by atoms with Crippen molar-refractivity contribution in [1.29, 1.82) is 0 Å². The van der Waals surface area contributed by atoms with Gasteiger partial charge < -0.3 is 5.32 Å². The molecule has 0 spiro atoms. The van der Waals surface area contributed by atoms with Crippen molar-refractivity contribution in [2.24, 2.45) is 5.92 Å². The van der Waals surface area contributed by atoms with Crippen LogP contribution in [0.5, 0.6) is 0 Å². The topological polar surface area (TPSA) is 15.3 Å². The SMILES string of the molecule is CCC1CN(CCCCCSC)C(C(C)C)CN1. The Morgan fingerprint density at radius 2 is 2.06 bits per heavy atom. The Kier molecular flexibility index (Phi) is 8.36. The number of hydrogen-bond donors (Lipinski definition) is 1. The average Bonchev–Trinajstić information content (AvgIpc) is 2.38. The Hall–Kier alpha value is 0.270. The zero-order chi connectivity index (χ0) is 13.4. The van der Waals surface area contributed by atoms with Gasteiger partial charge in [-0.3, -0.25) is 4.90 Å². The highest BCUT2D eigenvalue weighted by molar-refractivity contribution is 7.98. The first-order valence-corrected chi connectivity index (χ1v) is 9.04. The van der Waals surface area contributed by atoms with Gasteiger partial charge in [-0.25, -0.2) is 0 Å². The molecule has 1 rings (SSSR count). The fourth-order valence-electron chi connectivity index (χ4n) is 2.83. The molecule has 0 aliphatic carbocycles. The van der Waals surface area contributed by atoms with Crippen molar-refractivity contribution in [3.05, 3.63) is 0 Å². The van der Waals surface area contributed by atoms with Gasteiger partial charge in [0.1, 0.15) is 0 Å². The molecule has 1 aliphatic rings. The lowest BCUT2D eigenvalue weighted by Gasteiger charge is -2.42. The van der Waals surface area contributed by atoms with Crippen LogP contribution >= 0.6 is 11.8 Å². The van der Waals surface area contributed by atoms with Crippen LogP contribution in [0.15, 0.2) is 0 Å². The molecular formula is C15H32N2S. The largest absolute Gasteiger partial charge is 0.311 e. The van der Waals surface area contributed by atoms with E-state index in [0.717, 1.165) is 12.0 Å². The molecule has 0 bridgehead atoms. The van der Waals surface area contributed by atoms with Gasteiger partial charge >= 0.3 is 0 Å². The van der Waals surface area contributed by atoms with Crippen molar-refractivity contribution in [1.82, 2.24) is 10.2 Å². The number of unbranched alkanes of at least 4 members (excludes halogenated alkanes) is 2. The summed E-state index contributed by atoms with van der Waals surface area (Å²) in [6, 6.07) is 1.46. The zero-order valence-electron chi connectivity index (χ0n) is 12.7. The van der Waals surface area contributed by atoms with Crippen molar-refractivity contribution in [2.75, 3.05) is 31.6 Å². The lowest BCUT2D eigenvalue weighted by Crippen LogP contribution is -2.58. The Balaban J connectivity index is 2.31. The summed E-state index contributed by atoms with van der Waals surface area (Å²) in [6.07, 6.45) is 7.62. The van der Waals surface area contributed by atoms with E-state index in [-0.39, 0.29) is 0 Å². The minimum Gasteiger partial charge on any atom is -0.311 e. The maximum Gasteiger partial charge on any atom is 0.0244 e. The van der Waals surface area contributed by atoms with E-state index in [2.05, 4.69) is 37.2 Å². The maximum atomic E-state index is 3.70. The molecule has 3 heteroatoms. The first-order chi connectivity index (χ1) is 8.69. The summed E-state index contributed by atoms with van der Waals surface area (Å²) in [5.74, 6) is 2.09. The molecule has 2 atom stereocenters. The molecule has 2 unspecified atom stereocenters. The summed E-state index contributed by atoms with van der Waals surface area (Å²) in [7, 11) is 0. The van der Waals surface area contributed by atoms with Crippen molar-refractivity contribution in [2.45, 2.75) is 58.5 Å². The molecule has 0 saturated carbocycles. The van der Waals surface area contributed by atoms with E-state index in [1.54, 1.807) is 0 Å². The molecule has 2 nitrogen and oxygen atoms in total. The van der Waals surface area contributed by atoms with Crippen molar-refractivity contribution < 1.29 is 0 Å². The third kappa shape index (κ3) is 5.50. The predicted molar refractivity (Wildman–Crippen MR) is 84.5 cm³/mol. The molecule has 1 saturated heterocycles. The molecular weight excluding hydrogens is 240 g/mol. The third-order valence-corrected chi connectivity index (χ3v) is 4.79. The van der Waals surface area contributed by atoms with Crippen LogP contribution in [0.2, 0.25) is 0 Å². The van der Waals surface area contributed by atoms with E-state index in [1.165, 1.54) is 51.1 Å². The fraction of sp³-hybridized carbons (Fsp3) is 1.00. The van der Waals surface area contributed by atoms with Crippen LogP contribution < -0.4 is 5.32 Å². The molecule has 1 heterocycles. The minimum atomic E-state index is 0.714. The Morgan fingerprint density at radius 3 is 2.67 bits per heavy atom. The first-order valence-electron chi connectivity index (χ1n) is 7.65. The Bertz CT molecular complexity index is 209. The van der Waals surface area contributed by atoms with Crippen LogP contribution in [0.3, 0.4) is 0 Å². The van der Waals surface area contributed by atoms with E-state index in [1.807, 2.05) is 11.8 Å². The molecule has 1 N–H and O–H groups in total. The Labute approximate surface area is 118 Å². The van der Waals surface area contributed by atoms with Gasteiger partial charge in [0, 0.05) is 25.2 Å². The minimum absolute atomic E-state index is 0.714. The van der Waals surface area contributed by atoms with Gasteiger partial charge in [-0.1, -0.05) is 27.2 Å². The summed E-state index contributed by atoms with van der Waals surface area (Å²) < 4.78 is 0. The van der Waals surface area contributed by atoms with E-state index < -0.39 is 0 Å². The maximum absolute atomic E-state index is 3.70. The highest BCUT2D eigenvalue weighted by atomic mass is 32.2. The van der Waals surface area contributed by atoms with Gasteiger partial charge in [0.15, 0.2) is 0 Å². The highest BCUT2D eigenvalue weighted by Crippen LogP contribution is 2.17. The summed E-state index contributed by atoms with van der Waals surface area (Å²) in [5, 5.41) is 3.70. The van der Waals surface area contributed by atoms with E-state index in [0.29, 0.717) is 6.04 Å². The summed E-state index contributed by atoms with van der Waals surface area (Å²) in [5.41, 5.74) is 0. The smallest absolute Gasteiger partial charge is 0.0244 e. The summed E-state index contributed by atoms with van der Waals surface area (Å²) in [6.45, 7) is 10.8. The number of thioether (sulfide) groups is 1. The lowest BCUT2D eigenvalue weighted by atomic mass is 9.97. The van der Waals surface area contributed by atoms with E-state index in [4.69, 9.17) is 0 Å². The molecule has 0 amide bonds. The molecule has 0 aromatic rings. The van der Waals surface area contributed by atoms with Crippen LogP contribution in [0.25, 0.3) is 0 Å². The Morgan fingerprint density at radius 1 is 1.28 bits per heavy atom. The monoisotopic (exact) mass is 272 g/mol. The number of hydrogen-bond acceptors (Lipinski definition) is 3. The average molecular weight is 273 g/mol. The second-order valence-electron chi connectivity index (χ2n) is 5.87. The molecule has 0 aromatic carbocycles. The number of nitrogens with zero attached hydrogens (tertiary/aromatic N) is 1. The molecule has 0 aromatic heterocycles. The van der Waals surface area contributed by atoms with Crippen molar-refractivity contribution in [3.63, 3.8) is 0 Å². The second-order valence-corrected chi connectivity index (χ2v) is 6.86. The molecule has 1 aliphatic heterocycles. The van der Waals surface area contributed by atoms with Crippen molar-refractivity contribution >= 4 is 11.8 Å². The van der Waals surface area contributed by atoms with Gasteiger partial charge in [-0.15, -0.1) is 0 Å². The van der Waals surface area contributed by atoms with Crippen LogP contribution in [-0.4, -0.2) is 48.6 Å². The molecule has 1 fully saturated rings. The fourth-order valence-corrected chi connectivity index (χ4v) is 3.32.